The van der Waals surface area contributed by atoms with Crippen molar-refractivity contribution in [2.24, 2.45) is 0 Å². The minimum atomic E-state index is -0.694. The first-order valence-corrected chi connectivity index (χ1v) is 7.05. The molecule has 0 N–H and O–H groups in total. The molecule has 3 aliphatic heterocycles. The van der Waals surface area contributed by atoms with Crippen LogP contribution in [0.4, 0.5) is 0 Å². The lowest BCUT2D eigenvalue weighted by molar-refractivity contribution is -0.118. The summed E-state index contributed by atoms with van der Waals surface area (Å²) in [6.07, 6.45) is 0.277. The minimum absolute atomic E-state index is 0.0902. The molecule has 3 heterocycles. The number of Topliss-reactive ketones (excluding diaryl/α,β-unsaturated/α-hetero) is 1. The molecular formula is C16H16O5. The van der Waals surface area contributed by atoms with Crippen molar-refractivity contribution in [3.63, 3.8) is 0 Å². The van der Waals surface area contributed by atoms with E-state index in [9.17, 15) is 4.79 Å². The standard InChI is InChI=1S/C16H16O5/c1-8-4-11(17)10-7-18-12-6-14-13(20-16(2,3)21-14)5-9(12)15(10)19-8/h5-6,8H,4,7H2,1-3H3/t8-/m1/s1. The highest BCUT2D eigenvalue weighted by Crippen LogP contribution is 2.47. The number of hydrogen-bond acceptors (Lipinski definition) is 5. The van der Waals surface area contributed by atoms with E-state index in [1.165, 1.54) is 0 Å². The van der Waals surface area contributed by atoms with Crippen LogP contribution in [0.15, 0.2) is 17.7 Å². The maximum atomic E-state index is 12.1. The molecule has 0 saturated carbocycles. The largest absolute Gasteiger partial charge is 0.489 e. The molecule has 0 aromatic heterocycles. The molecule has 0 fully saturated rings. The van der Waals surface area contributed by atoms with Gasteiger partial charge in [-0.15, -0.1) is 0 Å². The Morgan fingerprint density at radius 2 is 1.86 bits per heavy atom. The van der Waals surface area contributed by atoms with Crippen LogP contribution in [0.1, 0.15) is 32.8 Å². The van der Waals surface area contributed by atoms with Crippen LogP contribution >= 0.6 is 0 Å². The van der Waals surface area contributed by atoms with Gasteiger partial charge in [0.1, 0.15) is 24.2 Å². The second kappa shape index (κ2) is 3.93. The van der Waals surface area contributed by atoms with Crippen LogP contribution in [-0.2, 0) is 9.53 Å². The van der Waals surface area contributed by atoms with E-state index in [2.05, 4.69) is 0 Å². The molecule has 1 atom stereocenters. The zero-order valence-corrected chi connectivity index (χ0v) is 12.2. The molecule has 0 amide bonds. The summed E-state index contributed by atoms with van der Waals surface area (Å²) in [5.74, 6) is 1.97. The fraction of sp³-hybridized carbons (Fsp3) is 0.438. The number of fused-ring (bicyclic) bond motifs is 3. The summed E-state index contributed by atoms with van der Waals surface area (Å²) in [6, 6.07) is 3.63. The van der Waals surface area contributed by atoms with Crippen molar-refractivity contribution in [2.75, 3.05) is 6.61 Å². The van der Waals surface area contributed by atoms with Gasteiger partial charge >= 0.3 is 0 Å². The fourth-order valence-electron chi connectivity index (χ4n) is 2.90. The van der Waals surface area contributed by atoms with Gasteiger partial charge in [0.05, 0.1) is 11.1 Å². The summed E-state index contributed by atoms with van der Waals surface area (Å²) >= 11 is 0. The average Bonchev–Trinajstić information content (AvgIpc) is 2.68. The summed E-state index contributed by atoms with van der Waals surface area (Å²) in [5.41, 5.74) is 1.37. The second-order valence-electron chi connectivity index (χ2n) is 6.05. The molecule has 0 unspecified atom stereocenters. The van der Waals surface area contributed by atoms with E-state index in [4.69, 9.17) is 18.9 Å². The number of ketones is 1. The van der Waals surface area contributed by atoms with Crippen LogP contribution in [0.25, 0.3) is 5.76 Å². The predicted molar refractivity (Wildman–Crippen MR) is 74.4 cm³/mol. The summed E-state index contributed by atoms with van der Waals surface area (Å²) in [5, 5.41) is 0. The molecular weight excluding hydrogens is 272 g/mol. The Kier molecular flexibility index (Phi) is 2.35. The van der Waals surface area contributed by atoms with Crippen LogP contribution in [0.2, 0.25) is 0 Å². The van der Waals surface area contributed by atoms with E-state index >= 15 is 0 Å². The quantitative estimate of drug-likeness (QED) is 0.734. The van der Waals surface area contributed by atoms with Gasteiger partial charge in [-0.3, -0.25) is 4.79 Å². The third kappa shape index (κ3) is 1.87. The van der Waals surface area contributed by atoms with Crippen LogP contribution in [0.5, 0.6) is 17.2 Å². The molecule has 0 saturated heterocycles. The number of benzene rings is 1. The van der Waals surface area contributed by atoms with Gasteiger partial charge < -0.3 is 18.9 Å². The van der Waals surface area contributed by atoms with Crippen LogP contribution in [0.3, 0.4) is 0 Å². The third-order valence-electron chi connectivity index (χ3n) is 3.78. The van der Waals surface area contributed by atoms with Crippen molar-refractivity contribution >= 4 is 11.5 Å². The molecule has 1 aromatic rings. The summed E-state index contributed by atoms with van der Waals surface area (Å²) in [7, 11) is 0. The van der Waals surface area contributed by atoms with Gasteiger partial charge in [0.15, 0.2) is 17.3 Å². The third-order valence-corrected chi connectivity index (χ3v) is 3.78. The maximum absolute atomic E-state index is 12.1. The number of ether oxygens (including phenoxy) is 4. The van der Waals surface area contributed by atoms with Gasteiger partial charge in [0, 0.05) is 26.3 Å². The van der Waals surface area contributed by atoms with Crippen molar-refractivity contribution < 1.29 is 23.7 Å². The molecule has 0 spiro atoms. The first kappa shape index (κ1) is 12.6. The highest BCUT2D eigenvalue weighted by molar-refractivity contribution is 6.04. The summed E-state index contributed by atoms with van der Waals surface area (Å²) in [4.78, 5) is 12.1. The van der Waals surface area contributed by atoms with Crippen LogP contribution in [0, 0.1) is 0 Å². The van der Waals surface area contributed by atoms with E-state index in [0.717, 1.165) is 5.56 Å². The molecule has 5 nitrogen and oxygen atoms in total. The molecule has 1 aromatic carbocycles. The second-order valence-corrected chi connectivity index (χ2v) is 6.05. The molecule has 110 valence electrons. The first-order valence-electron chi connectivity index (χ1n) is 7.05. The van der Waals surface area contributed by atoms with Crippen molar-refractivity contribution in [1.29, 1.82) is 0 Å². The van der Waals surface area contributed by atoms with Crippen molar-refractivity contribution in [2.45, 2.75) is 39.1 Å². The first-order chi connectivity index (χ1) is 9.93. The topological polar surface area (TPSA) is 54.0 Å². The summed E-state index contributed by atoms with van der Waals surface area (Å²) in [6.45, 7) is 5.84. The fourth-order valence-corrected chi connectivity index (χ4v) is 2.90. The van der Waals surface area contributed by atoms with Gasteiger partial charge in [-0.2, -0.15) is 0 Å². The molecule has 0 bridgehead atoms. The zero-order chi connectivity index (χ0) is 14.8. The lowest BCUT2D eigenvalue weighted by atomic mass is 9.96. The Morgan fingerprint density at radius 3 is 2.62 bits per heavy atom. The van der Waals surface area contributed by atoms with Gasteiger partial charge in [-0.1, -0.05) is 0 Å². The number of hydrogen-bond donors (Lipinski definition) is 0. The van der Waals surface area contributed by atoms with Crippen molar-refractivity contribution in [3.8, 4) is 17.2 Å². The molecule has 0 radical (unpaired) electrons. The Hall–Kier alpha value is -2.17. The molecule has 3 aliphatic rings. The minimum Gasteiger partial charge on any atom is -0.489 e. The van der Waals surface area contributed by atoms with Gasteiger partial charge in [0.25, 0.3) is 0 Å². The molecule has 0 aliphatic carbocycles. The van der Waals surface area contributed by atoms with E-state index in [1.807, 2.05) is 26.8 Å². The Morgan fingerprint density at radius 1 is 1.14 bits per heavy atom. The SMILES string of the molecule is C[C@@H]1CC(=O)C2=C(O1)c1cc3c(cc1OC2)OC(C)(C)O3. The Balaban J connectivity index is 1.84. The van der Waals surface area contributed by atoms with Crippen molar-refractivity contribution in [1.82, 2.24) is 0 Å². The zero-order valence-electron chi connectivity index (χ0n) is 12.2. The van der Waals surface area contributed by atoms with Crippen molar-refractivity contribution in [3.05, 3.63) is 23.3 Å². The van der Waals surface area contributed by atoms with Crippen LogP contribution < -0.4 is 14.2 Å². The molecule has 21 heavy (non-hydrogen) atoms. The average molecular weight is 288 g/mol. The van der Waals surface area contributed by atoms with E-state index in [-0.39, 0.29) is 18.5 Å². The Labute approximate surface area is 122 Å². The Bertz CT molecular complexity index is 686. The van der Waals surface area contributed by atoms with E-state index in [0.29, 0.717) is 35.0 Å². The normalized spacial score (nSPS) is 24.9. The monoisotopic (exact) mass is 288 g/mol. The highest BCUT2D eigenvalue weighted by Gasteiger charge is 2.37. The van der Waals surface area contributed by atoms with Gasteiger partial charge in [-0.25, -0.2) is 0 Å². The molecule has 4 rings (SSSR count). The molecule has 5 heteroatoms. The van der Waals surface area contributed by atoms with Crippen LogP contribution in [-0.4, -0.2) is 24.3 Å². The van der Waals surface area contributed by atoms with E-state index < -0.39 is 5.79 Å². The van der Waals surface area contributed by atoms with Gasteiger partial charge in [0.2, 0.25) is 5.79 Å². The van der Waals surface area contributed by atoms with Gasteiger partial charge in [-0.05, 0) is 13.0 Å². The number of carbonyl (C=O) groups is 1. The van der Waals surface area contributed by atoms with E-state index in [1.54, 1.807) is 6.07 Å². The summed E-state index contributed by atoms with van der Waals surface area (Å²) < 4.78 is 23.0. The smallest absolute Gasteiger partial charge is 0.246 e. The lowest BCUT2D eigenvalue weighted by Gasteiger charge is -2.30. The maximum Gasteiger partial charge on any atom is 0.246 e. The number of carbonyl (C=O) groups excluding carboxylic acids is 1. The highest BCUT2D eigenvalue weighted by atomic mass is 16.7. The lowest BCUT2D eigenvalue weighted by Crippen LogP contribution is -2.29. The number of rotatable bonds is 0. The predicted octanol–water partition coefficient (Wildman–Crippen LogP) is 2.68.